The monoisotopic (exact) mass is 1040 g/mol. The molecule has 0 saturated carbocycles. The summed E-state index contributed by atoms with van der Waals surface area (Å²) < 4.78 is 0. The van der Waals surface area contributed by atoms with Crippen LogP contribution in [0.3, 0.4) is 0 Å². The van der Waals surface area contributed by atoms with Gasteiger partial charge in [-0.1, -0.05) is 93.9 Å². The van der Waals surface area contributed by atoms with Gasteiger partial charge in [-0.3, -0.25) is 38.5 Å². The summed E-state index contributed by atoms with van der Waals surface area (Å²) in [7, 11) is 0. The lowest BCUT2D eigenvalue weighted by Crippen LogP contribution is -2.57. The number of primary amides is 1. The molecule has 1 saturated heterocycles. The molecular formula is C54H70ClN9O8S. The highest BCUT2D eigenvalue weighted by Gasteiger charge is 2.46. The minimum Gasteiger partial charge on any atom is -0.391 e. The Hall–Kier alpha value is -6.21. The van der Waals surface area contributed by atoms with Gasteiger partial charge in [0.15, 0.2) is 0 Å². The molecule has 7 rings (SSSR count). The first-order chi connectivity index (χ1) is 34.3. The maximum Gasteiger partial charge on any atom is 0.246 e. The van der Waals surface area contributed by atoms with Gasteiger partial charge in [-0.25, -0.2) is 4.98 Å². The second-order valence-corrected chi connectivity index (χ2v) is 21.4. The minimum absolute atomic E-state index is 0. The number of amides is 7. The third-order valence-corrected chi connectivity index (χ3v) is 14.9. The third kappa shape index (κ3) is 13.9. The Morgan fingerprint density at radius 2 is 1.59 bits per heavy atom. The van der Waals surface area contributed by atoms with Gasteiger partial charge in [0.2, 0.25) is 41.4 Å². The van der Waals surface area contributed by atoms with Gasteiger partial charge in [-0.05, 0) is 91.2 Å². The van der Waals surface area contributed by atoms with E-state index in [2.05, 4.69) is 26.3 Å². The number of nitrogens with zero attached hydrogens (tertiary/aromatic N) is 3. The molecule has 4 aromatic rings. The van der Waals surface area contributed by atoms with Crippen LogP contribution in [0.2, 0.25) is 0 Å². The Morgan fingerprint density at radius 3 is 2.29 bits per heavy atom. The number of anilines is 1. The van der Waals surface area contributed by atoms with E-state index in [0.29, 0.717) is 31.4 Å². The van der Waals surface area contributed by atoms with Crippen LogP contribution in [0.1, 0.15) is 119 Å². The number of halogens is 1. The highest BCUT2D eigenvalue weighted by atomic mass is 35.5. The Kier molecular flexibility index (Phi) is 19.0. The van der Waals surface area contributed by atoms with E-state index in [1.54, 1.807) is 11.3 Å². The van der Waals surface area contributed by atoms with E-state index in [1.807, 2.05) is 107 Å². The second-order valence-electron chi connectivity index (χ2n) is 20.5. The number of benzene rings is 3. The largest absolute Gasteiger partial charge is 0.391 e. The molecule has 7 amide bonds. The highest BCUT2D eigenvalue weighted by molar-refractivity contribution is 7.13. The van der Waals surface area contributed by atoms with Crippen molar-refractivity contribution in [2.75, 3.05) is 11.4 Å². The minimum atomic E-state index is -1.08. The quantitative estimate of drug-likeness (QED) is 0.0605. The van der Waals surface area contributed by atoms with Crippen molar-refractivity contribution in [3.63, 3.8) is 0 Å². The molecule has 9 N–H and O–H groups in total. The molecule has 3 aliphatic heterocycles. The Balaban J connectivity index is 0.00000869. The Labute approximate surface area is 437 Å². The normalized spacial score (nSPS) is 19.4. The van der Waals surface area contributed by atoms with E-state index < -0.39 is 65.4 Å². The van der Waals surface area contributed by atoms with Crippen LogP contribution in [0.5, 0.6) is 0 Å². The predicted molar refractivity (Wildman–Crippen MR) is 282 cm³/mol. The van der Waals surface area contributed by atoms with Gasteiger partial charge in [-0.2, -0.15) is 0 Å². The molecule has 7 atom stereocenters. The lowest BCUT2D eigenvalue weighted by Gasteiger charge is -2.35. The van der Waals surface area contributed by atoms with Crippen molar-refractivity contribution < 1.29 is 38.7 Å². The molecule has 73 heavy (non-hydrogen) atoms. The van der Waals surface area contributed by atoms with Crippen molar-refractivity contribution in [3.05, 3.63) is 106 Å². The second kappa shape index (κ2) is 24.7. The zero-order valence-corrected chi connectivity index (χ0v) is 43.9. The predicted octanol–water partition coefficient (Wildman–Crippen LogP) is 4.61. The number of aliphatic hydroxyl groups is 1. The Bertz CT molecular complexity index is 2660. The van der Waals surface area contributed by atoms with Crippen molar-refractivity contribution in [3.8, 4) is 10.4 Å². The number of carbonyl (C=O) groups excluding carboxylic acids is 7. The number of para-hydroxylation sites is 1. The summed E-state index contributed by atoms with van der Waals surface area (Å²) in [6.07, 6.45) is 3.39. The smallest absolute Gasteiger partial charge is 0.246 e. The molecule has 0 bridgehead atoms. The van der Waals surface area contributed by atoms with Crippen LogP contribution in [0, 0.1) is 12.3 Å². The highest BCUT2D eigenvalue weighted by Crippen LogP contribution is 2.39. The molecule has 1 aromatic heterocycles. The fourth-order valence-electron chi connectivity index (χ4n) is 9.93. The lowest BCUT2D eigenvalue weighted by atomic mass is 9.85. The molecule has 3 aromatic carbocycles. The molecule has 17 nitrogen and oxygen atoms in total. The first-order valence-corrected chi connectivity index (χ1v) is 25.9. The van der Waals surface area contributed by atoms with Crippen LogP contribution in [0.4, 0.5) is 5.69 Å². The van der Waals surface area contributed by atoms with Crippen LogP contribution in [-0.2, 0) is 59.4 Å². The van der Waals surface area contributed by atoms with Gasteiger partial charge in [0.25, 0.3) is 0 Å². The van der Waals surface area contributed by atoms with E-state index in [9.17, 15) is 38.7 Å². The van der Waals surface area contributed by atoms with Gasteiger partial charge in [0.05, 0.1) is 40.0 Å². The average molecular weight is 1040 g/mol. The molecule has 1 fully saturated rings. The van der Waals surface area contributed by atoms with Crippen LogP contribution >= 0.6 is 23.7 Å². The number of carbonyl (C=O) groups is 7. The summed E-state index contributed by atoms with van der Waals surface area (Å²) in [5.74, 6) is -3.03. The van der Waals surface area contributed by atoms with E-state index in [-0.39, 0.29) is 81.4 Å². The fraction of sp³-hybridized carbons (Fsp3) is 0.481. The summed E-state index contributed by atoms with van der Waals surface area (Å²) in [5, 5.41) is 22.4. The summed E-state index contributed by atoms with van der Waals surface area (Å²) in [5.41, 5.74) is 20.0. The summed E-state index contributed by atoms with van der Waals surface area (Å²) >= 11 is 1.57. The van der Waals surface area contributed by atoms with Gasteiger partial charge in [0.1, 0.15) is 24.2 Å². The molecule has 4 heterocycles. The van der Waals surface area contributed by atoms with Crippen LogP contribution in [0.15, 0.2) is 72.2 Å². The van der Waals surface area contributed by atoms with E-state index in [4.69, 9.17) is 11.5 Å². The molecule has 19 heteroatoms. The number of hydrogen-bond donors (Lipinski definition) is 7. The number of rotatable bonds is 20. The molecule has 3 aliphatic rings. The van der Waals surface area contributed by atoms with Gasteiger partial charge in [0, 0.05) is 38.8 Å². The van der Waals surface area contributed by atoms with Crippen LogP contribution in [-0.4, -0.2) is 99.2 Å². The van der Waals surface area contributed by atoms with E-state index >= 15 is 0 Å². The number of unbranched alkanes of at least 4 members (excludes halogenated alkanes) is 2. The molecular weight excluding hydrogens is 970 g/mol. The average Bonchev–Trinajstić information content (AvgIpc) is 4.06. The lowest BCUT2D eigenvalue weighted by molar-refractivity contribution is -0.144. The van der Waals surface area contributed by atoms with Crippen molar-refractivity contribution >= 4 is 70.8 Å². The number of aryl methyl sites for hydroxylation is 3. The van der Waals surface area contributed by atoms with E-state index in [1.165, 1.54) is 9.80 Å². The SMILES string of the molecule is Cc1ncsc1-c1ccc([C@H](C)NC(=O)[C@@H]2C[C@@H](O)CN2C(=O)[C@@H](NC(=O)CCCCCc2cccc(CNC(=O)[C@H](CCC(N)=O)NC(=O)[C@@H]3Cc4cccc5c4N3C(=O)[C@@H](N)CC5)c2)C(C)(C)C)cc1.Cl. The fourth-order valence-corrected chi connectivity index (χ4v) is 10.7. The zero-order chi connectivity index (χ0) is 51.9. The van der Waals surface area contributed by atoms with Crippen molar-refractivity contribution in [2.24, 2.45) is 16.9 Å². The number of aliphatic hydroxyl groups excluding tert-OH is 1. The Morgan fingerprint density at radius 1 is 0.890 bits per heavy atom. The van der Waals surface area contributed by atoms with Crippen LogP contribution in [0.25, 0.3) is 10.4 Å². The summed E-state index contributed by atoms with van der Waals surface area (Å²) in [6, 6.07) is 16.5. The van der Waals surface area contributed by atoms with Crippen LogP contribution < -0.4 is 37.6 Å². The standard InChI is InChI=1S/C54H69N9O8S.ClH/c1-31(35-17-19-37(20-18-35)47-32(2)58-30-72-47)59-50(68)42-27-39(64)29-62(42)53(71)48(54(3,4)5)61-45(66)16-8-6-7-11-33-12-9-13-34(25-33)28-57-49(67)41(23-24-44(56)65)60-51(69)43-26-38-15-10-14-36-21-22-40(55)52(70)63(43)46(36)38;/h9-10,12-15,17-20,25,30-31,39-43,48,64H,6-8,11,16,21-24,26-29,55H2,1-5H3,(H2,56,65)(H,57,67)(H,59,68)(H,60,69)(H,61,66);1H/t31-,39+,40-,41-,42-,43-,48+;/m0./s1. The molecule has 0 radical (unpaired) electrons. The number of nitrogens with two attached hydrogens (primary N) is 2. The van der Waals surface area contributed by atoms with E-state index in [0.717, 1.165) is 56.8 Å². The summed E-state index contributed by atoms with van der Waals surface area (Å²) in [4.78, 5) is 102. The maximum atomic E-state index is 14.2. The number of β-amino-alcohol motifs (C(OH)–C–C–N with tert-alkyl or cyclic N) is 1. The maximum absolute atomic E-state index is 14.2. The first-order valence-electron chi connectivity index (χ1n) is 25.0. The number of aromatic nitrogens is 1. The number of hydrogen-bond acceptors (Lipinski definition) is 11. The van der Waals surface area contributed by atoms with Gasteiger partial charge >= 0.3 is 0 Å². The van der Waals surface area contributed by atoms with Crippen molar-refractivity contribution in [1.82, 2.24) is 31.2 Å². The third-order valence-electron chi connectivity index (χ3n) is 14.0. The molecule has 0 aliphatic carbocycles. The molecule has 0 spiro atoms. The first kappa shape index (κ1) is 56.1. The van der Waals surface area contributed by atoms with Gasteiger partial charge in [-0.15, -0.1) is 23.7 Å². The number of thiazole rings is 1. The number of nitrogens with one attached hydrogen (secondary N) is 4. The summed E-state index contributed by atoms with van der Waals surface area (Å²) in [6.45, 7) is 9.56. The zero-order valence-electron chi connectivity index (χ0n) is 42.3. The molecule has 0 unspecified atom stereocenters. The topological polar surface area (TPSA) is 259 Å². The number of likely N-dealkylation sites (tertiary alicyclic amines) is 1. The van der Waals surface area contributed by atoms with Gasteiger partial charge < -0.3 is 42.7 Å². The van der Waals surface area contributed by atoms with Crippen molar-refractivity contribution in [1.29, 1.82) is 0 Å². The van der Waals surface area contributed by atoms with Crippen molar-refractivity contribution in [2.45, 2.75) is 154 Å². The molecule has 392 valence electrons.